The predicted octanol–water partition coefficient (Wildman–Crippen LogP) is 1.68. The van der Waals surface area contributed by atoms with Crippen molar-refractivity contribution < 1.29 is 4.79 Å². The number of amides is 1. The Labute approximate surface area is 153 Å². The van der Waals surface area contributed by atoms with Crippen molar-refractivity contribution >= 4 is 16.9 Å². The number of hydrogen-bond donors (Lipinski definition) is 3. The van der Waals surface area contributed by atoms with Crippen LogP contribution in [0.25, 0.3) is 22.6 Å². The zero-order valence-corrected chi connectivity index (χ0v) is 14.3. The van der Waals surface area contributed by atoms with Gasteiger partial charge < -0.3 is 15.3 Å². The number of imidazole rings is 1. The van der Waals surface area contributed by atoms with E-state index in [-0.39, 0.29) is 5.56 Å². The van der Waals surface area contributed by atoms with Gasteiger partial charge in [-0.3, -0.25) is 14.6 Å². The molecule has 0 spiro atoms. The van der Waals surface area contributed by atoms with Crippen molar-refractivity contribution in [1.29, 1.82) is 0 Å². The maximum atomic E-state index is 12.3. The molecule has 0 aliphatic rings. The minimum atomic E-state index is -0.508. The third-order valence-electron chi connectivity index (χ3n) is 4.04. The molecule has 1 amide bonds. The minimum absolute atomic E-state index is 0.0423. The van der Waals surface area contributed by atoms with E-state index in [1.165, 1.54) is 6.20 Å². The van der Waals surface area contributed by atoms with Gasteiger partial charge in [-0.25, -0.2) is 9.97 Å². The van der Waals surface area contributed by atoms with Gasteiger partial charge in [-0.1, -0.05) is 18.2 Å². The van der Waals surface area contributed by atoms with Gasteiger partial charge in [0.1, 0.15) is 17.1 Å². The molecule has 3 heterocycles. The average molecular weight is 360 g/mol. The maximum absolute atomic E-state index is 12.3. The summed E-state index contributed by atoms with van der Waals surface area (Å²) < 4.78 is 0. The van der Waals surface area contributed by atoms with Crippen LogP contribution >= 0.6 is 0 Å². The first-order chi connectivity index (χ1) is 13.2. The second-order valence-electron chi connectivity index (χ2n) is 5.90. The predicted molar refractivity (Wildman–Crippen MR) is 100 cm³/mol. The monoisotopic (exact) mass is 360 g/mol. The van der Waals surface area contributed by atoms with Gasteiger partial charge in [0.25, 0.3) is 11.5 Å². The van der Waals surface area contributed by atoms with Crippen molar-refractivity contribution in [3.05, 3.63) is 76.6 Å². The first kappa shape index (κ1) is 16.6. The first-order valence-corrected chi connectivity index (χ1v) is 8.43. The molecule has 3 N–H and O–H groups in total. The van der Waals surface area contributed by atoms with E-state index < -0.39 is 11.5 Å². The third-order valence-corrected chi connectivity index (χ3v) is 4.04. The van der Waals surface area contributed by atoms with Crippen molar-refractivity contribution in [1.82, 2.24) is 30.2 Å². The summed E-state index contributed by atoms with van der Waals surface area (Å²) in [4.78, 5) is 42.9. The molecule has 1 aromatic carbocycles. The lowest BCUT2D eigenvalue weighted by Crippen LogP contribution is -2.31. The number of hydrogen-bond acceptors (Lipinski definition) is 5. The van der Waals surface area contributed by atoms with Gasteiger partial charge >= 0.3 is 0 Å². The van der Waals surface area contributed by atoms with Crippen LogP contribution in [-0.2, 0) is 6.42 Å². The lowest BCUT2D eigenvalue weighted by molar-refractivity contribution is 0.0952. The molecule has 0 bridgehead atoms. The molecule has 8 nitrogen and oxygen atoms in total. The van der Waals surface area contributed by atoms with Crippen LogP contribution in [0.4, 0.5) is 0 Å². The van der Waals surface area contributed by atoms with Crippen LogP contribution in [0.3, 0.4) is 0 Å². The number of para-hydroxylation sites is 2. The van der Waals surface area contributed by atoms with E-state index in [0.717, 1.165) is 16.9 Å². The van der Waals surface area contributed by atoms with Crippen molar-refractivity contribution in [3.8, 4) is 11.5 Å². The molecule has 4 rings (SSSR count). The number of pyridine rings is 1. The molecule has 0 unspecified atom stereocenters. The lowest BCUT2D eigenvalue weighted by atomic mass is 10.3. The average Bonchev–Trinajstić information content (AvgIpc) is 3.11. The zero-order chi connectivity index (χ0) is 18.6. The van der Waals surface area contributed by atoms with E-state index in [1.54, 1.807) is 24.4 Å². The number of H-pyrrole nitrogens is 2. The second kappa shape index (κ2) is 7.20. The molecular formula is C19H16N6O2. The molecule has 27 heavy (non-hydrogen) atoms. The van der Waals surface area contributed by atoms with Gasteiger partial charge in [0, 0.05) is 25.4 Å². The van der Waals surface area contributed by atoms with Crippen LogP contribution in [0.5, 0.6) is 0 Å². The Bertz CT molecular complexity index is 1120. The van der Waals surface area contributed by atoms with Crippen molar-refractivity contribution in [2.24, 2.45) is 0 Å². The van der Waals surface area contributed by atoms with Gasteiger partial charge in [0.15, 0.2) is 5.82 Å². The fourth-order valence-corrected chi connectivity index (χ4v) is 2.70. The molecule has 134 valence electrons. The van der Waals surface area contributed by atoms with Gasteiger partial charge in [-0.2, -0.15) is 0 Å². The molecule has 0 aliphatic heterocycles. The molecule has 0 saturated carbocycles. The molecule has 8 heteroatoms. The number of carbonyl (C=O) groups excluding carboxylic acids is 1. The highest BCUT2D eigenvalue weighted by atomic mass is 16.2. The van der Waals surface area contributed by atoms with E-state index in [2.05, 4.69) is 30.2 Å². The number of benzene rings is 1. The van der Waals surface area contributed by atoms with Crippen LogP contribution in [-0.4, -0.2) is 37.4 Å². The topological polar surface area (TPSA) is 116 Å². The second-order valence-corrected chi connectivity index (χ2v) is 5.90. The molecule has 0 fully saturated rings. The largest absolute Gasteiger partial charge is 0.351 e. The molecule has 0 radical (unpaired) electrons. The van der Waals surface area contributed by atoms with Crippen LogP contribution in [0, 0.1) is 0 Å². The quantitative estimate of drug-likeness (QED) is 0.501. The third kappa shape index (κ3) is 3.59. The summed E-state index contributed by atoms with van der Waals surface area (Å²) in [6.45, 7) is 0.347. The van der Waals surface area contributed by atoms with E-state index >= 15 is 0 Å². The summed E-state index contributed by atoms with van der Waals surface area (Å²) in [7, 11) is 0. The number of nitrogens with zero attached hydrogens (tertiary/aromatic N) is 3. The first-order valence-electron chi connectivity index (χ1n) is 8.43. The fourth-order valence-electron chi connectivity index (χ4n) is 2.70. The summed E-state index contributed by atoms with van der Waals surface area (Å²) >= 11 is 0. The smallest absolute Gasteiger partial charge is 0.264 e. The van der Waals surface area contributed by atoms with Crippen LogP contribution in [0.15, 0.2) is 59.7 Å². The Kier molecular flexibility index (Phi) is 4.44. The Balaban J connectivity index is 1.41. The van der Waals surface area contributed by atoms with Gasteiger partial charge in [-0.05, 0) is 24.3 Å². The van der Waals surface area contributed by atoms with Crippen molar-refractivity contribution in [2.75, 3.05) is 6.54 Å². The van der Waals surface area contributed by atoms with E-state index in [9.17, 15) is 9.59 Å². The number of rotatable bonds is 5. The summed E-state index contributed by atoms with van der Waals surface area (Å²) in [6, 6.07) is 13.0. The molecule has 3 aromatic heterocycles. The molecule has 0 atom stereocenters. The standard InChI is InChI=1S/C19H16N6O2/c26-18(21-10-8-16-23-13-5-1-2-6-14(13)24-16)12-11-22-17(25-19(12)27)15-7-3-4-9-20-15/h1-7,9,11H,8,10H2,(H,21,26)(H,23,24)(H,22,25,27). The minimum Gasteiger partial charge on any atom is -0.351 e. The van der Waals surface area contributed by atoms with E-state index in [0.29, 0.717) is 24.5 Å². The molecular weight excluding hydrogens is 344 g/mol. The normalized spacial score (nSPS) is 10.8. The zero-order valence-electron chi connectivity index (χ0n) is 14.3. The lowest BCUT2D eigenvalue weighted by Gasteiger charge is -2.04. The number of aromatic nitrogens is 5. The summed E-state index contributed by atoms with van der Waals surface area (Å²) in [5.41, 5.74) is 1.81. The number of nitrogens with one attached hydrogen (secondary N) is 3. The fraction of sp³-hybridized carbons (Fsp3) is 0.105. The highest BCUT2D eigenvalue weighted by Crippen LogP contribution is 2.10. The van der Waals surface area contributed by atoms with Crippen molar-refractivity contribution in [2.45, 2.75) is 6.42 Å². The van der Waals surface area contributed by atoms with Crippen LogP contribution in [0.2, 0.25) is 0 Å². The van der Waals surface area contributed by atoms with Gasteiger partial charge in [-0.15, -0.1) is 0 Å². The van der Waals surface area contributed by atoms with E-state index in [4.69, 9.17) is 0 Å². The molecule has 4 aromatic rings. The van der Waals surface area contributed by atoms with Crippen LogP contribution < -0.4 is 10.9 Å². The SMILES string of the molecule is O=C(NCCc1nc2ccccc2[nH]1)c1cnc(-c2ccccn2)[nH]c1=O. The summed E-state index contributed by atoms with van der Waals surface area (Å²) in [5.74, 6) is 0.612. The Morgan fingerprint density at radius 2 is 1.89 bits per heavy atom. The Morgan fingerprint density at radius 3 is 2.67 bits per heavy atom. The van der Waals surface area contributed by atoms with Gasteiger partial charge in [0.2, 0.25) is 0 Å². The molecule has 0 aliphatic carbocycles. The Hall–Kier alpha value is -3.81. The van der Waals surface area contributed by atoms with E-state index in [1.807, 2.05) is 24.3 Å². The highest BCUT2D eigenvalue weighted by molar-refractivity contribution is 5.93. The van der Waals surface area contributed by atoms with Crippen LogP contribution in [0.1, 0.15) is 16.2 Å². The summed E-state index contributed by atoms with van der Waals surface area (Å²) in [6.07, 6.45) is 3.39. The highest BCUT2D eigenvalue weighted by Gasteiger charge is 2.13. The number of aromatic amines is 2. The number of carbonyl (C=O) groups is 1. The maximum Gasteiger partial charge on any atom is 0.264 e. The van der Waals surface area contributed by atoms with Gasteiger partial charge in [0.05, 0.1) is 11.0 Å². The molecule has 0 saturated heterocycles. The van der Waals surface area contributed by atoms with Crippen molar-refractivity contribution in [3.63, 3.8) is 0 Å². The Morgan fingerprint density at radius 1 is 1.04 bits per heavy atom. The number of fused-ring (bicyclic) bond motifs is 1. The summed E-state index contributed by atoms with van der Waals surface area (Å²) in [5, 5.41) is 2.72.